The Morgan fingerprint density at radius 1 is 1.40 bits per heavy atom. The fourth-order valence-electron chi connectivity index (χ4n) is 2.95. The van der Waals surface area contributed by atoms with Gasteiger partial charge in [-0.2, -0.15) is 5.10 Å². The predicted molar refractivity (Wildman–Crippen MR) is 76.4 cm³/mol. The number of para-hydroxylation sites is 1. The molecule has 2 aromatic rings. The van der Waals surface area contributed by atoms with E-state index in [0.29, 0.717) is 5.92 Å². The van der Waals surface area contributed by atoms with Crippen LogP contribution in [0.25, 0.3) is 10.9 Å². The molecule has 0 bridgehead atoms. The first-order valence-electron chi connectivity index (χ1n) is 7.06. The Kier molecular flexibility index (Phi) is 3.44. The Balaban J connectivity index is 1.71. The molecule has 1 aliphatic rings. The minimum atomic E-state index is -0.699. The van der Waals surface area contributed by atoms with E-state index in [2.05, 4.69) is 29.1 Å². The molecule has 1 fully saturated rings. The summed E-state index contributed by atoms with van der Waals surface area (Å²) in [7, 11) is 0. The first-order valence-corrected chi connectivity index (χ1v) is 7.06. The molecule has 0 atom stereocenters. The third-order valence-electron chi connectivity index (χ3n) is 3.90. The molecule has 0 aliphatic carbocycles. The van der Waals surface area contributed by atoms with Crippen LogP contribution in [0.1, 0.15) is 19.0 Å². The van der Waals surface area contributed by atoms with Gasteiger partial charge in [-0.05, 0) is 18.9 Å². The van der Waals surface area contributed by atoms with E-state index in [1.165, 1.54) is 10.9 Å². The minimum absolute atomic E-state index is 0.278. The van der Waals surface area contributed by atoms with Crippen molar-refractivity contribution in [2.45, 2.75) is 26.4 Å². The van der Waals surface area contributed by atoms with Crippen LogP contribution in [-0.2, 0) is 17.9 Å². The lowest BCUT2D eigenvalue weighted by Gasteiger charge is -2.38. The number of nitrogens with zero attached hydrogens (tertiary/aromatic N) is 3. The van der Waals surface area contributed by atoms with E-state index in [-0.39, 0.29) is 6.42 Å². The maximum Gasteiger partial charge on any atom is 0.303 e. The lowest BCUT2D eigenvalue weighted by atomic mass is 9.96. The van der Waals surface area contributed by atoms with E-state index in [1.54, 1.807) is 0 Å². The summed E-state index contributed by atoms with van der Waals surface area (Å²) in [5, 5.41) is 14.6. The third kappa shape index (κ3) is 2.41. The molecule has 1 aromatic carbocycles. The molecule has 0 unspecified atom stereocenters. The van der Waals surface area contributed by atoms with Crippen LogP contribution in [0.3, 0.4) is 0 Å². The molecule has 0 spiro atoms. The summed E-state index contributed by atoms with van der Waals surface area (Å²) in [5.41, 5.74) is 2.27. The van der Waals surface area contributed by atoms with E-state index < -0.39 is 5.97 Å². The summed E-state index contributed by atoms with van der Waals surface area (Å²) in [4.78, 5) is 12.9. The molecular formula is C15H19N3O2. The van der Waals surface area contributed by atoms with Gasteiger partial charge in [-0.1, -0.05) is 18.2 Å². The van der Waals surface area contributed by atoms with Gasteiger partial charge in [-0.25, -0.2) is 0 Å². The molecular weight excluding hydrogens is 254 g/mol. The van der Waals surface area contributed by atoms with Gasteiger partial charge in [-0.3, -0.25) is 14.4 Å². The summed E-state index contributed by atoms with van der Waals surface area (Å²) in [6.45, 7) is 5.49. The molecule has 0 saturated carbocycles. The summed E-state index contributed by atoms with van der Waals surface area (Å²) in [5.74, 6) is -0.401. The summed E-state index contributed by atoms with van der Waals surface area (Å²) in [6.07, 6.45) is 0.278. The number of carboxylic acid groups (broad SMARTS) is 1. The van der Waals surface area contributed by atoms with Gasteiger partial charge in [-0.15, -0.1) is 0 Å². The zero-order valence-electron chi connectivity index (χ0n) is 11.6. The lowest BCUT2D eigenvalue weighted by molar-refractivity contribution is -0.139. The molecule has 1 aliphatic heterocycles. The number of carboxylic acids is 1. The van der Waals surface area contributed by atoms with Crippen molar-refractivity contribution in [3.05, 3.63) is 30.0 Å². The highest BCUT2D eigenvalue weighted by atomic mass is 16.4. The standard InChI is InChI=1S/C15H19N3O2/c1-2-18-14-6-4-3-5-12(14)13(16-18)10-17-8-11(9-17)7-15(19)20/h3-6,11H,2,7-10H2,1H3,(H,19,20). The van der Waals surface area contributed by atoms with E-state index >= 15 is 0 Å². The van der Waals surface area contributed by atoms with Gasteiger partial charge in [0.2, 0.25) is 0 Å². The van der Waals surface area contributed by atoms with Crippen LogP contribution in [0.4, 0.5) is 0 Å². The third-order valence-corrected chi connectivity index (χ3v) is 3.90. The van der Waals surface area contributed by atoms with Crippen molar-refractivity contribution in [2.75, 3.05) is 13.1 Å². The number of aliphatic carboxylic acids is 1. The topological polar surface area (TPSA) is 58.4 Å². The average molecular weight is 273 g/mol. The Bertz CT molecular complexity index is 629. The maximum absolute atomic E-state index is 10.7. The van der Waals surface area contributed by atoms with Crippen molar-refractivity contribution in [2.24, 2.45) is 5.92 Å². The highest BCUT2D eigenvalue weighted by Gasteiger charge is 2.29. The number of hydrogen-bond acceptors (Lipinski definition) is 3. The Hall–Kier alpha value is -1.88. The van der Waals surface area contributed by atoms with Gasteiger partial charge in [0.1, 0.15) is 0 Å². The SMILES string of the molecule is CCn1nc(CN2CC(CC(=O)O)C2)c2ccccc21. The van der Waals surface area contributed by atoms with Crippen LogP contribution in [0, 0.1) is 5.92 Å². The number of benzene rings is 1. The van der Waals surface area contributed by atoms with E-state index in [9.17, 15) is 4.79 Å². The van der Waals surface area contributed by atoms with Crippen LogP contribution in [-0.4, -0.2) is 38.8 Å². The van der Waals surface area contributed by atoms with Crippen molar-refractivity contribution in [3.8, 4) is 0 Å². The molecule has 0 amide bonds. The number of carbonyl (C=O) groups is 1. The largest absolute Gasteiger partial charge is 0.481 e. The smallest absolute Gasteiger partial charge is 0.303 e. The highest BCUT2D eigenvalue weighted by Crippen LogP contribution is 2.25. The highest BCUT2D eigenvalue weighted by molar-refractivity contribution is 5.81. The normalized spacial score (nSPS) is 16.4. The maximum atomic E-state index is 10.7. The van der Waals surface area contributed by atoms with Gasteiger partial charge in [0, 0.05) is 31.6 Å². The van der Waals surface area contributed by atoms with Crippen molar-refractivity contribution in [3.63, 3.8) is 0 Å². The van der Waals surface area contributed by atoms with Crippen LogP contribution >= 0.6 is 0 Å². The molecule has 20 heavy (non-hydrogen) atoms. The second-order valence-corrected chi connectivity index (χ2v) is 5.44. The zero-order chi connectivity index (χ0) is 14.1. The average Bonchev–Trinajstić information content (AvgIpc) is 2.74. The number of hydrogen-bond donors (Lipinski definition) is 1. The molecule has 3 rings (SSSR count). The summed E-state index contributed by atoms with van der Waals surface area (Å²) in [6, 6.07) is 8.28. The van der Waals surface area contributed by atoms with Crippen LogP contribution in [0.5, 0.6) is 0 Å². The monoisotopic (exact) mass is 273 g/mol. The number of aromatic nitrogens is 2. The summed E-state index contributed by atoms with van der Waals surface area (Å²) >= 11 is 0. The van der Waals surface area contributed by atoms with Crippen molar-refractivity contribution >= 4 is 16.9 Å². The molecule has 1 aromatic heterocycles. The van der Waals surface area contributed by atoms with Crippen LogP contribution < -0.4 is 0 Å². The lowest BCUT2D eigenvalue weighted by Crippen LogP contribution is -2.46. The van der Waals surface area contributed by atoms with Gasteiger partial charge in [0.25, 0.3) is 0 Å². The molecule has 106 valence electrons. The van der Waals surface area contributed by atoms with Crippen molar-refractivity contribution in [1.29, 1.82) is 0 Å². The Morgan fingerprint density at radius 2 is 2.15 bits per heavy atom. The predicted octanol–water partition coefficient (Wildman–Crippen LogP) is 1.96. The zero-order valence-corrected chi connectivity index (χ0v) is 11.6. The first-order chi connectivity index (χ1) is 9.67. The second kappa shape index (κ2) is 5.25. The molecule has 2 heterocycles. The number of rotatable bonds is 5. The van der Waals surface area contributed by atoms with Gasteiger partial charge in [0.05, 0.1) is 17.6 Å². The fourth-order valence-corrected chi connectivity index (χ4v) is 2.95. The van der Waals surface area contributed by atoms with Crippen LogP contribution in [0.2, 0.25) is 0 Å². The number of fused-ring (bicyclic) bond motifs is 1. The Labute approximate surface area is 117 Å². The van der Waals surface area contributed by atoms with E-state index in [0.717, 1.165) is 31.9 Å². The molecule has 1 saturated heterocycles. The number of likely N-dealkylation sites (tertiary alicyclic amines) is 1. The molecule has 5 nitrogen and oxygen atoms in total. The molecule has 5 heteroatoms. The van der Waals surface area contributed by atoms with Crippen molar-refractivity contribution in [1.82, 2.24) is 14.7 Å². The quantitative estimate of drug-likeness (QED) is 0.904. The first kappa shape index (κ1) is 13.1. The van der Waals surface area contributed by atoms with Crippen LogP contribution in [0.15, 0.2) is 24.3 Å². The second-order valence-electron chi connectivity index (χ2n) is 5.44. The summed E-state index contributed by atoms with van der Waals surface area (Å²) < 4.78 is 2.03. The molecule has 1 N–H and O–H groups in total. The fraction of sp³-hybridized carbons (Fsp3) is 0.467. The van der Waals surface area contributed by atoms with E-state index in [1.807, 2.05) is 16.8 Å². The van der Waals surface area contributed by atoms with Gasteiger partial charge < -0.3 is 5.11 Å². The number of aryl methyl sites for hydroxylation is 1. The molecule has 0 radical (unpaired) electrons. The van der Waals surface area contributed by atoms with Gasteiger partial charge >= 0.3 is 5.97 Å². The van der Waals surface area contributed by atoms with E-state index in [4.69, 9.17) is 5.11 Å². The Morgan fingerprint density at radius 3 is 2.85 bits per heavy atom. The minimum Gasteiger partial charge on any atom is -0.481 e. The van der Waals surface area contributed by atoms with Crippen molar-refractivity contribution < 1.29 is 9.90 Å². The van der Waals surface area contributed by atoms with Gasteiger partial charge in [0.15, 0.2) is 0 Å².